The van der Waals surface area contributed by atoms with Crippen LogP contribution >= 0.6 is 0 Å². The third kappa shape index (κ3) is 3.49. The molecule has 1 fully saturated rings. The lowest BCUT2D eigenvalue weighted by atomic mass is 10.3. The number of nitrogens with one attached hydrogen (secondary N) is 1. The van der Waals surface area contributed by atoms with E-state index in [-0.39, 0.29) is 18.8 Å². The van der Waals surface area contributed by atoms with Gasteiger partial charge in [-0.25, -0.2) is 0 Å². The van der Waals surface area contributed by atoms with Crippen LogP contribution in [0.1, 0.15) is 6.92 Å². The van der Waals surface area contributed by atoms with Crippen molar-refractivity contribution in [3.8, 4) is 0 Å². The van der Waals surface area contributed by atoms with Gasteiger partial charge in [0.15, 0.2) is 0 Å². The second kappa shape index (κ2) is 5.48. The highest BCUT2D eigenvalue weighted by atomic mass is 16.6. The first-order valence-corrected chi connectivity index (χ1v) is 4.36. The average Bonchev–Trinajstić information content (AvgIpc) is 2.16. The van der Waals surface area contributed by atoms with Crippen LogP contribution in [0.3, 0.4) is 0 Å². The van der Waals surface area contributed by atoms with Gasteiger partial charge in [0.2, 0.25) is 0 Å². The summed E-state index contributed by atoms with van der Waals surface area (Å²) in [5.41, 5.74) is 0. The SMILES string of the molecule is CC(CO)NCC1COCCO1. The number of aliphatic hydroxyl groups is 1. The Morgan fingerprint density at radius 2 is 2.42 bits per heavy atom. The molecule has 1 saturated heterocycles. The van der Waals surface area contributed by atoms with Crippen LogP contribution < -0.4 is 5.32 Å². The molecule has 1 rings (SSSR count). The van der Waals surface area contributed by atoms with Gasteiger partial charge in [-0.15, -0.1) is 0 Å². The van der Waals surface area contributed by atoms with Crippen LogP contribution in [0.25, 0.3) is 0 Å². The summed E-state index contributed by atoms with van der Waals surface area (Å²) in [5.74, 6) is 0. The van der Waals surface area contributed by atoms with E-state index in [4.69, 9.17) is 14.6 Å². The summed E-state index contributed by atoms with van der Waals surface area (Å²) in [7, 11) is 0. The summed E-state index contributed by atoms with van der Waals surface area (Å²) >= 11 is 0. The van der Waals surface area contributed by atoms with Gasteiger partial charge in [0.1, 0.15) is 0 Å². The van der Waals surface area contributed by atoms with E-state index in [2.05, 4.69) is 5.32 Å². The largest absolute Gasteiger partial charge is 0.395 e. The minimum atomic E-state index is 0.135. The van der Waals surface area contributed by atoms with Crippen molar-refractivity contribution in [2.24, 2.45) is 0 Å². The maximum Gasteiger partial charge on any atom is 0.0933 e. The van der Waals surface area contributed by atoms with Gasteiger partial charge in [0.25, 0.3) is 0 Å². The van der Waals surface area contributed by atoms with Crippen LogP contribution in [-0.4, -0.2) is 50.2 Å². The Morgan fingerprint density at radius 1 is 1.58 bits per heavy atom. The molecule has 0 amide bonds. The molecule has 0 aromatic carbocycles. The van der Waals surface area contributed by atoms with Crippen LogP contribution in [-0.2, 0) is 9.47 Å². The standard InChI is InChI=1S/C8H17NO3/c1-7(5-10)9-4-8-6-11-2-3-12-8/h7-10H,2-6H2,1H3. The normalized spacial score (nSPS) is 27.0. The Kier molecular flexibility index (Phi) is 4.53. The molecule has 0 saturated carbocycles. The lowest BCUT2D eigenvalue weighted by Gasteiger charge is -2.24. The van der Waals surface area contributed by atoms with Gasteiger partial charge in [0, 0.05) is 12.6 Å². The predicted molar refractivity (Wildman–Crippen MR) is 45.1 cm³/mol. The molecule has 2 atom stereocenters. The van der Waals surface area contributed by atoms with Crippen molar-refractivity contribution in [3.05, 3.63) is 0 Å². The third-order valence-electron chi connectivity index (χ3n) is 1.85. The van der Waals surface area contributed by atoms with Crippen molar-refractivity contribution in [1.29, 1.82) is 0 Å². The van der Waals surface area contributed by atoms with Gasteiger partial charge in [0.05, 0.1) is 32.5 Å². The molecule has 1 heterocycles. The van der Waals surface area contributed by atoms with Crippen molar-refractivity contribution in [3.63, 3.8) is 0 Å². The smallest absolute Gasteiger partial charge is 0.0933 e. The van der Waals surface area contributed by atoms with Crippen molar-refractivity contribution in [2.45, 2.75) is 19.1 Å². The Balaban J connectivity index is 2.05. The molecule has 0 aromatic heterocycles. The topological polar surface area (TPSA) is 50.7 Å². The monoisotopic (exact) mass is 175 g/mol. The third-order valence-corrected chi connectivity index (χ3v) is 1.85. The summed E-state index contributed by atoms with van der Waals surface area (Å²) in [5, 5.41) is 11.9. The van der Waals surface area contributed by atoms with E-state index in [1.54, 1.807) is 0 Å². The van der Waals surface area contributed by atoms with Crippen molar-refractivity contribution < 1.29 is 14.6 Å². The van der Waals surface area contributed by atoms with Gasteiger partial charge in [-0.05, 0) is 6.92 Å². The van der Waals surface area contributed by atoms with E-state index >= 15 is 0 Å². The Bertz CT molecular complexity index is 115. The molecular formula is C8H17NO3. The zero-order valence-corrected chi connectivity index (χ0v) is 7.45. The van der Waals surface area contributed by atoms with Crippen LogP contribution in [0, 0.1) is 0 Å². The molecule has 0 aliphatic carbocycles. The average molecular weight is 175 g/mol. The molecule has 72 valence electrons. The molecule has 4 nitrogen and oxygen atoms in total. The van der Waals surface area contributed by atoms with Gasteiger partial charge in [-0.2, -0.15) is 0 Å². The highest BCUT2D eigenvalue weighted by Gasteiger charge is 2.14. The summed E-state index contributed by atoms with van der Waals surface area (Å²) in [4.78, 5) is 0. The minimum absolute atomic E-state index is 0.135. The van der Waals surface area contributed by atoms with Gasteiger partial charge < -0.3 is 19.9 Å². The summed E-state index contributed by atoms with van der Waals surface area (Å²) in [6.45, 7) is 4.88. The van der Waals surface area contributed by atoms with E-state index < -0.39 is 0 Å². The number of hydrogen-bond acceptors (Lipinski definition) is 4. The number of rotatable bonds is 4. The molecule has 0 spiro atoms. The lowest BCUT2D eigenvalue weighted by Crippen LogP contribution is -2.41. The fraction of sp³-hybridized carbons (Fsp3) is 1.00. The second-order valence-electron chi connectivity index (χ2n) is 3.06. The molecule has 1 aliphatic heterocycles. The molecular weight excluding hydrogens is 158 g/mol. The number of hydrogen-bond donors (Lipinski definition) is 2. The van der Waals surface area contributed by atoms with E-state index in [9.17, 15) is 0 Å². The second-order valence-corrected chi connectivity index (χ2v) is 3.06. The minimum Gasteiger partial charge on any atom is -0.395 e. The molecule has 4 heteroatoms. The Hall–Kier alpha value is -0.160. The molecule has 0 aromatic rings. The highest BCUT2D eigenvalue weighted by Crippen LogP contribution is 1.99. The van der Waals surface area contributed by atoms with Crippen molar-refractivity contribution in [2.75, 3.05) is 33.0 Å². The molecule has 2 N–H and O–H groups in total. The summed E-state index contributed by atoms with van der Waals surface area (Å²) in [6, 6.07) is 0.135. The molecule has 2 unspecified atom stereocenters. The lowest BCUT2D eigenvalue weighted by molar-refractivity contribution is -0.0872. The van der Waals surface area contributed by atoms with Crippen LogP contribution in [0.15, 0.2) is 0 Å². The van der Waals surface area contributed by atoms with Gasteiger partial charge >= 0.3 is 0 Å². The maximum atomic E-state index is 8.73. The Morgan fingerprint density at radius 3 is 3.00 bits per heavy atom. The van der Waals surface area contributed by atoms with Gasteiger partial charge in [-0.1, -0.05) is 0 Å². The summed E-state index contributed by atoms with van der Waals surface area (Å²) < 4.78 is 10.6. The quantitative estimate of drug-likeness (QED) is 0.597. The Labute approximate surface area is 72.9 Å². The van der Waals surface area contributed by atoms with Crippen LogP contribution in [0.2, 0.25) is 0 Å². The van der Waals surface area contributed by atoms with E-state index in [1.807, 2.05) is 6.92 Å². The van der Waals surface area contributed by atoms with Crippen molar-refractivity contribution >= 4 is 0 Å². The number of aliphatic hydroxyl groups excluding tert-OH is 1. The first kappa shape index (κ1) is 9.92. The highest BCUT2D eigenvalue weighted by molar-refractivity contribution is 4.67. The predicted octanol–water partition coefficient (Wildman–Crippen LogP) is -0.628. The molecule has 12 heavy (non-hydrogen) atoms. The first-order valence-electron chi connectivity index (χ1n) is 4.36. The van der Waals surface area contributed by atoms with Crippen LogP contribution in [0.5, 0.6) is 0 Å². The van der Waals surface area contributed by atoms with E-state index in [0.29, 0.717) is 19.8 Å². The first-order chi connectivity index (χ1) is 5.83. The van der Waals surface area contributed by atoms with E-state index in [0.717, 1.165) is 6.54 Å². The zero-order chi connectivity index (χ0) is 8.81. The van der Waals surface area contributed by atoms with Crippen molar-refractivity contribution in [1.82, 2.24) is 5.32 Å². The fourth-order valence-electron chi connectivity index (χ4n) is 1.05. The van der Waals surface area contributed by atoms with Gasteiger partial charge in [-0.3, -0.25) is 0 Å². The molecule has 0 bridgehead atoms. The maximum absolute atomic E-state index is 8.73. The van der Waals surface area contributed by atoms with E-state index in [1.165, 1.54) is 0 Å². The number of ether oxygens (including phenoxy) is 2. The zero-order valence-electron chi connectivity index (χ0n) is 7.45. The summed E-state index contributed by atoms with van der Waals surface area (Å²) in [6.07, 6.45) is 0.146. The fourth-order valence-corrected chi connectivity index (χ4v) is 1.05. The molecule has 1 aliphatic rings. The molecule has 0 radical (unpaired) electrons. The van der Waals surface area contributed by atoms with Crippen LogP contribution in [0.4, 0.5) is 0 Å².